The Hall–Kier alpha value is -0.0800. The van der Waals surface area contributed by atoms with Gasteiger partial charge in [-0.15, -0.1) is 0 Å². The van der Waals surface area contributed by atoms with Gasteiger partial charge in [0.1, 0.15) is 0 Å². The lowest BCUT2D eigenvalue weighted by atomic mass is 9.72. The number of likely N-dealkylation sites (N-methyl/N-ethyl adjacent to an activating group) is 1. The Bertz CT molecular complexity index is 143. The van der Waals surface area contributed by atoms with Crippen molar-refractivity contribution in [1.29, 1.82) is 0 Å². The Labute approximate surface area is 75.3 Å². The summed E-state index contributed by atoms with van der Waals surface area (Å²) >= 11 is 0. The van der Waals surface area contributed by atoms with Gasteiger partial charge in [-0.05, 0) is 52.2 Å². The molecular weight excluding hydrogens is 148 g/mol. The van der Waals surface area contributed by atoms with Crippen LogP contribution in [0.4, 0.5) is 0 Å². The van der Waals surface area contributed by atoms with Crippen molar-refractivity contribution in [3.63, 3.8) is 0 Å². The molecule has 2 nitrogen and oxygen atoms in total. The fourth-order valence-electron chi connectivity index (χ4n) is 2.79. The predicted molar refractivity (Wildman–Crippen MR) is 51.2 cm³/mol. The largest absolute Gasteiger partial charge is 0.310 e. The van der Waals surface area contributed by atoms with E-state index in [0.29, 0.717) is 5.54 Å². The van der Waals surface area contributed by atoms with E-state index in [1.54, 1.807) is 0 Å². The van der Waals surface area contributed by atoms with E-state index in [4.69, 9.17) is 0 Å². The highest BCUT2D eigenvalue weighted by Crippen LogP contribution is 2.36. The van der Waals surface area contributed by atoms with Gasteiger partial charge in [-0.2, -0.15) is 0 Å². The highest BCUT2D eigenvalue weighted by molar-refractivity contribution is 4.99. The molecule has 3 fully saturated rings. The fourth-order valence-corrected chi connectivity index (χ4v) is 2.79. The van der Waals surface area contributed by atoms with Gasteiger partial charge in [-0.25, -0.2) is 0 Å². The summed E-state index contributed by atoms with van der Waals surface area (Å²) in [5, 5.41) is 3.72. The van der Waals surface area contributed by atoms with Gasteiger partial charge < -0.3 is 10.2 Å². The van der Waals surface area contributed by atoms with E-state index < -0.39 is 0 Å². The molecule has 2 saturated heterocycles. The van der Waals surface area contributed by atoms with Crippen LogP contribution < -0.4 is 5.32 Å². The van der Waals surface area contributed by atoms with E-state index in [0.717, 1.165) is 5.92 Å². The van der Waals surface area contributed by atoms with Crippen molar-refractivity contribution >= 4 is 0 Å². The second kappa shape index (κ2) is 3.00. The number of piperidine rings is 2. The summed E-state index contributed by atoms with van der Waals surface area (Å²) in [4.78, 5) is 2.32. The zero-order chi connectivity index (χ0) is 8.60. The molecule has 0 radical (unpaired) electrons. The highest BCUT2D eigenvalue weighted by atomic mass is 15.1. The van der Waals surface area contributed by atoms with Crippen LogP contribution in [0.2, 0.25) is 0 Å². The van der Waals surface area contributed by atoms with E-state index in [2.05, 4.69) is 24.3 Å². The summed E-state index contributed by atoms with van der Waals surface area (Å²) in [5.41, 5.74) is 0.484. The van der Waals surface area contributed by atoms with Crippen molar-refractivity contribution in [1.82, 2.24) is 10.2 Å². The average molecular weight is 168 g/mol. The zero-order valence-electron chi connectivity index (χ0n) is 8.27. The van der Waals surface area contributed by atoms with Crippen LogP contribution in [0.1, 0.15) is 25.7 Å². The Balaban J connectivity index is 1.99. The number of fused-ring (bicyclic) bond motifs is 3. The summed E-state index contributed by atoms with van der Waals surface area (Å²) in [5.74, 6) is 0.994. The van der Waals surface area contributed by atoms with Crippen LogP contribution >= 0.6 is 0 Å². The lowest BCUT2D eigenvalue weighted by Gasteiger charge is -2.48. The third kappa shape index (κ3) is 1.50. The molecule has 0 spiro atoms. The van der Waals surface area contributed by atoms with E-state index in [1.165, 1.54) is 38.8 Å². The van der Waals surface area contributed by atoms with Crippen LogP contribution in [0.15, 0.2) is 0 Å². The van der Waals surface area contributed by atoms with Gasteiger partial charge in [-0.3, -0.25) is 0 Å². The van der Waals surface area contributed by atoms with Crippen LogP contribution in [0.25, 0.3) is 0 Å². The van der Waals surface area contributed by atoms with Gasteiger partial charge in [0, 0.05) is 12.1 Å². The van der Waals surface area contributed by atoms with Gasteiger partial charge in [0.15, 0.2) is 0 Å². The van der Waals surface area contributed by atoms with E-state index in [1.807, 2.05) is 0 Å². The SMILES string of the molecule is CN(C)CC12CCC(CC1)CN2. The molecule has 2 aliphatic heterocycles. The van der Waals surface area contributed by atoms with Gasteiger partial charge in [0.25, 0.3) is 0 Å². The predicted octanol–water partition coefficient (Wildman–Crippen LogP) is 1.08. The van der Waals surface area contributed by atoms with Gasteiger partial charge in [0.05, 0.1) is 0 Å². The van der Waals surface area contributed by atoms with E-state index in [9.17, 15) is 0 Å². The van der Waals surface area contributed by atoms with Crippen molar-refractivity contribution in [3.8, 4) is 0 Å². The number of nitrogens with zero attached hydrogens (tertiary/aromatic N) is 1. The molecule has 1 N–H and O–H groups in total. The molecule has 1 aliphatic carbocycles. The molecular formula is C10H20N2. The van der Waals surface area contributed by atoms with Crippen LogP contribution in [0.5, 0.6) is 0 Å². The second-order valence-electron chi connectivity index (χ2n) is 4.84. The maximum absolute atomic E-state index is 3.72. The number of hydrogen-bond donors (Lipinski definition) is 1. The van der Waals surface area contributed by atoms with Crippen LogP contribution in [-0.4, -0.2) is 37.6 Å². The molecule has 3 rings (SSSR count). The van der Waals surface area contributed by atoms with Crippen molar-refractivity contribution in [2.24, 2.45) is 5.92 Å². The maximum atomic E-state index is 3.72. The first-order valence-corrected chi connectivity index (χ1v) is 5.10. The molecule has 3 aliphatic rings. The van der Waals surface area contributed by atoms with Crippen LogP contribution in [-0.2, 0) is 0 Å². The molecule has 0 amide bonds. The molecule has 0 unspecified atom stereocenters. The smallest absolute Gasteiger partial charge is 0.0308 e. The van der Waals surface area contributed by atoms with Gasteiger partial charge >= 0.3 is 0 Å². The second-order valence-corrected chi connectivity index (χ2v) is 4.84. The third-order valence-corrected chi connectivity index (χ3v) is 3.45. The number of rotatable bonds is 2. The minimum Gasteiger partial charge on any atom is -0.310 e. The Morgan fingerprint density at radius 2 is 2.00 bits per heavy atom. The Kier molecular flexibility index (Phi) is 2.13. The minimum absolute atomic E-state index is 0.484. The topological polar surface area (TPSA) is 15.3 Å². The zero-order valence-corrected chi connectivity index (χ0v) is 8.27. The van der Waals surface area contributed by atoms with Crippen molar-refractivity contribution in [3.05, 3.63) is 0 Å². The monoisotopic (exact) mass is 168 g/mol. The Morgan fingerprint density at radius 1 is 1.33 bits per heavy atom. The molecule has 2 heteroatoms. The van der Waals surface area contributed by atoms with Crippen molar-refractivity contribution < 1.29 is 0 Å². The Morgan fingerprint density at radius 3 is 2.42 bits per heavy atom. The standard InChI is InChI=1S/C10H20N2/c1-12(2)8-10-5-3-9(4-6-10)7-11-10/h9,11H,3-8H2,1-2H3. The molecule has 1 saturated carbocycles. The molecule has 0 aromatic carbocycles. The molecule has 0 aromatic heterocycles. The van der Waals surface area contributed by atoms with Crippen molar-refractivity contribution in [2.45, 2.75) is 31.2 Å². The van der Waals surface area contributed by atoms with Crippen LogP contribution in [0.3, 0.4) is 0 Å². The van der Waals surface area contributed by atoms with E-state index >= 15 is 0 Å². The fraction of sp³-hybridized carbons (Fsp3) is 1.00. The normalized spacial score (nSPS) is 40.8. The lowest BCUT2D eigenvalue weighted by molar-refractivity contribution is 0.0908. The highest BCUT2D eigenvalue weighted by Gasteiger charge is 2.39. The molecule has 70 valence electrons. The summed E-state index contributed by atoms with van der Waals surface area (Å²) in [6.07, 6.45) is 5.72. The maximum Gasteiger partial charge on any atom is 0.0308 e. The summed E-state index contributed by atoms with van der Waals surface area (Å²) in [7, 11) is 4.36. The summed E-state index contributed by atoms with van der Waals surface area (Å²) < 4.78 is 0. The summed E-state index contributed by atoms with van der Waals surface area (Å²) in [6, 6.07) is 0. The summed E-state index contributed by atoms with van der Waals surface area (Å²) in [6.45, 7) is 2.49. The van der Waals surface area contributed by atoms with Gasteiger partial charge in [-0.1, -0.05) is 0 Å². The number of hydrogen-bond acceptors (Lipinski definition) is 2. The average Bonchev–Trinajstić information content (AvgIpc) is 2.05. The number of nitrogens with one attached hydrogen (secondary N) is 1. The molecule has 2 bridgehead atoms. The third-order valence-electron chi connectivity index (χ3n) is 3.45. The van der Waals surface area contributed by atoms with Crippen molar-refractivity contribution in [2.75, 3.05) is 27.2 Å². The quantitative estimate of drug-likeness (QED) is 0.664. The molecule has 0 atom stereocenters. The van der Waals surface area contributed by atoms with Crippen LogP contribution in [0, 0.1) is 5.92 Å². The first-order chi connectivity index (χ1) is 5.70. The molecule has 2 heterocycles. The first kappa shape index (κ1) is 8.52. The molecule has 0 aromatic rings. The first-order valence-electron chi connectivity index (χ1n) is 5.10. The van der Waals surface area contributed by atoms with Gasteiger partial charge in [0.2, 0.25) is 0 Å². The lowest BCUT2D eigenvalue weighted by Crippen LogP contribution is -2.60. The minimum atomic E-state index is 0.484. The molecule has 12 heavy (non-hydrogen) atoms. The van der Waals surface area contributed by atoms with E-state index in [-0.39, 0.29) is 0 Å².